The van der Waals surface area contributed by atoms with E-state index in [9.17, 15) is 24.6 Å². The van der Waals surface area contributed by atoms with Gasteiger partial charge in [-0.3, -0.25) is 14.4 Å². The highest BCUT2D eigenvalue weighted by Crippen LogP contribution is 2.38. The molecule has 3 atom stereocenters. The molecule has 6 rings (SSSR count). The van der Waals surface area contributed by atoms with Crippen molar-refractivity contribution in [2.24, 2.45) is 17.8 Å². The molecule has 3 aromatic rings. The lowest BCUT2D eigenvalue weighted by molar-refractivity contribution is -0.144. The van der Waals surface area contributed by atoms with E-state index in [0.717, 1.165) is 62.3 Å². The topological polar surface area (TPSA) is 153 Å². The van der Waals surface area contributed by atoms with Crippen LogP contribution in [0.15, 0.2) is 91.0 Å². The fourth-order valence-corrected chi connectivity index (χ4v) is 8.34. The molecule has 5 N–H and O–H groups in total. The summed E-state index contributed by atoms with van der Waals surface area (Å²) in [6.07, 6.45) is 17.6. The van der Waals surface area contributed by atoms with Gasteiger partial charge in [-0.05, 0) is 73.0 Å². The minimum absolute atomic E-state index is 0. The molecule has 3 saturated carbocycles. The molecule has 3 fully saturated rings. The number of carboxylic acid groups (broad SMARTS) is 2. The van der Waals surface area contributed by atoms with Crippen LogP contribution < -0.4 is 0 Å². The molecular formula is C44H66Cl4O8. The summed E-state index contributed by atoms with van der Waals surface area (Å²) in [6, 6.07) is 29.4. The largest absolute Gasteiger partial charge is 0.481 e. The first-order valence-electron chi connectivity index (χ1n) is 19.0. The van der Waals surface area contributed by atoms with Crippen molar-refractivity contribution in [3.8, 4) is 0 Å². The molecule has 3 aliphatic carbocycles. The highest BCUT2D eigenvalue weighted by Gasteiger charge is 2.33. The number of aliphatic hydroxyl groups is 1. The third-order valence-electron chi connectivity index (χ3n) is 10.8. The molecule has 0 aliphatic heterocycles. The molecule has 0 spiro atoms. The molecular weight excluding hydrogens is 798 g/mol. The summed E-state index contributed by atoms with van der Waals surface area (Å²) in [4.78, 5) is 34.8. The van der Waals surface area contributed by atoms with Gasteiger partial charge in [0, 0.05) is 7.11 Å². The van der Waals surface area contributed by atoms with Crippen LogP contribution in [0.5, 0.6) is 0 Å². The first-order chi connectivity index (χ1) is 24.9. The predicted molar refractivity (Wildman–Crippen MR) is 235 cm³/mol. The molecule has 0 heterocycles. The number of hydrogen-bond donors (Lipinski definition) is 3. The summed E-state index contributed by atoms with van der Waals surface area (Å²) in [5.41, 5.74) is 3.02. The standard InChI is InChI=1S/C15H20O2.2C14H18O2.CH4O.4ClH.H2O/c1-17-15(16)14(12-8-4-2-5-9-12)13-10-6-3-7-11-13;2*15-14(16)13(11-7-3-1-4-8-11)12-9-5-2-6-10-12;1-2;;;;;/h2,4-5,8-9,13-14H,3,6-7,10-11H2,1H3;2*1,3-4,7-8,12-13H,2,5-6,9-10H2,(H,15,16);2H,1H3;4*1H;1H2/t14-;2*13-;;;;;;/m111....../s1. The summed E-state index contributed by atoms with van der Waals surface area (Å²) in [7, 11) is 2.49. The summed E-state index contributed by atoms with van der Waals surface area (Å²) in [5, 5.41) is 25.8. The number of carboxylic acids is 2. The molecule has 3 aromatic carbocycles. The number of halogens is 4. The molecule has 0 saturated heterocycles. The number of ether oxygens (including phenoxy) is 1. The predicted octanol–water partition coefficient (Wildman–Crippen LogP) is 10.9. The lowest BCUT2D eigenvalue weighted by Crippen LogP contribution is -2.24. The Hall–Kier alpha value is -2.85. The average Bonchev–Trinajstić information content (AvgIpc) is 3.19. The number of carbonyl (C=O) groups excluding carboxylic acids is 1. The van der Waals surface area contributed by atoms with Crippen LogP contribution in [0.4, 0.5) is 0 Å². The molecule has 0 amide bonds. The maximum atomic E-state index is 12.0. The van der Waals surface area contributed by atoms with Crippen molar-refractivity contribution in [2.45, 2.75) is 114 Å². The quantitative estimate of drug-likeness (QED) is 0.181. The number of rotatable bonds is 9. The Kier molecular flexibility index (Phi) is 34.0. The van der Waals surface area contributed by atoms with Crippen LogP contribution in [0.3, 0.4) is 0 Å². The van der Waals surface area contributed by atoms with E-state index in [4.69, 9.17) is 9.84 Å². The van der Waals surface area contributed by atoms with E-state index < -0.39 is 11.9 Å². The lowest BCUT2D eigenvalue weighted by Gasteiger charge is -2.28. The summed E-state index contributed by atoms with van der Waals surface area (Å²) >= 11 is 0. The second-order valence-corrected chi connectivity index (χ2v) is 14.1. The van der Waals surface area contributed by atoms with Gasteiger partial charge < -0.3 is 25.5 Å². The van der Waals surface area contributed by atoms with Gasteiger partial charge in [0.05, 0.1) is 24.9 Å². The Balaban J connectivity index is -0.000000705. The van der Waals surface area contributed by atoms with E-state index in [1.807, 2.05) is 91.0 Å². The number of benzene rings is 3. The average molecular weight is 865 g/mol. The zero-order valence-corrected chi connectivity index (χ0v) is 36.1. The van der Waals surface area contributed by atoms with Crippen LogP contribution in [-0.2, 0) is 19.1 Å². The van der Waals surface area contributed by atoms with Gasteiger partial charge in [0.25, 0.3) is 0 Å². The Morgan fingerprint density at radius 2 is 0.696 bits per heavy atom. The molecule has 0 radical (unpaired) electrons. The van der Waals surface area contributed by atoms with Gasteiger partial charge in [-0.25, -0.2) is 0 Å². The van der Waals surface area contributed by atoms with Crippen LogP contribution in [-0.4, -0.2) is 52.9 Å². The molecule has 3 aliphatic rings. The number of aliphatic carboxylic acids is 2. The van der Waals surface area contributed by atoms with Crippen molar-refractivity contribution in [1.29, 1.82) is 0 Å². The Morgan fingerprint density at radius 1 is 0.464 bits per heavy atom. The van der Waals surface area contributed by atoms with Gasteiger partial charge in [0.15, 0.2) is 0 Å². The highest BCUT2D eigenvalue weighted by atomic mass is 35.5. The van der Waals surface area contributed by atoms with Crippen molar-refractivity contribution >= 4 is 67.5 Å². The normalized spacial score (nSPS) is 16.8. The van der Waals surface area contributed by atoms with Gasteiger partial charge in [-0.2, -0.15) is 0 Å². The van der Waals surface area contributed by atoms with Gasteiger partial charge in [0.2, 0.25) is 0 Å². The zero-order chi connectivity index (χ0) is 36.8. The molecule has 0 bridgehead atoms. The number of hydrogen-bond acceptors (Lipinski definition) is 5. The minimum Gasteiger partial charge on any atom is -0.481 e. The van der Waals surface area contributed by atoms with E-state index in [2.05, 4.69) is 0 Å². The fraction of sp³-hybridized carbons (Fsp3) is 0.523. The van der Waals surface area contributed by atoms with E-state index in [1.54, 1.807) is 0 Å². The van der Waals surface area contributed by atoms with Crippen LogP contribution in [0.1, 0.15) is 131 Å². The van der Waals surface area contributed by atoms with Crippen molar-refractivity contribution in [2.75, 3.05) is 14.2 Å². The Morgan fingerprint density at radius 3 is 0.929 bits per heavy atom. The van der Waals surface area contributed by atoms with Gasteiger partial charge >= 0.3 is 17.9 Å². The molecule has 8 nitrogen and oxygen atoms in total. The van der Waals surface area contributed by atoms with Crippen molar-refractivity contribution < 1.29 is 39.9 Å². The van der Waals surface area contributed by atoms with Gasteiger partial charge in [0.1, 0.15) is 0 Å². The first kappa shape index (κ1) is 57.5. The fourth-order valence-electron chi connectivity index (χ4n) is 8.34. The SMILES string of the molecule is CO.COC(=O)[C@H](c1ccccc1)C1CCCCC1.Cl.Cl.Cl.Cl.O.O=C(O)[C@H](c1ccccc1)C1CCCCC1.O=C(O)[C@H](c1ccccc1)C1CCCCC1. The number of aliphatic hydroxyl groups excluding tert-OH is 1. The minimum atomic E-state index is -0.668. The Bertz CT molecular complexity index is 1330. The summed E-state index contributed by atoms with van der Waals surface area (Å²) in [5.74, 6) is -0.982. The van der Waals surface area contributed by atoms with E-state index >= 15 is 0 Å². The zero-order valence-electron chi connectivity index (χ0n) is 32.8. The van der Waals surface area contributed by atoms with Crippen LogP contribution in [0.25, 0.3) is 0 Å². The lowest BCUT2D eigenvalue weighted by atomic mass is 9.77. The molecule has 318 valence electrons. The van der Waals surface area contributed by atoms with Crippen molar-refractivity contribution in [1.82, 2.24) is 0 Å². The molecule has 56 heavy (non-hydrogen) atoms. The first-order valence-corrected chi connectivity index (χ1v) is 19.0. The number of esters is 1. The Labute approximate surface area is 359 Å². The smallest absolute Gasteiger partial charge is 0.313 e. The number of carbonyl (C=O) groups is 3. The van der Waals surface area contributed by atoms with E-state index in [-0.39, 0.29) is 78.8 Å². The highest BCUT2D eigenvalue weighted by molar-refractivity contribution is 5.86. The molecule has 0 unspecified atom stereocenters. The molecule has 12 heteroatoms. The number of methoxy groups -OCH3 is 1. The van der Waals surface area contributed by atoms with Gasteiger partial charge in [-0.15, -0.1) is 49.6 Å². The third-order valence-corrected chi connectivity index (χ3v) is 10.8. The maximum Gasteiger partial charge on any atom is 0.313 e. The summed E-state index contributed by atoms with van der Waals surface area (Å²) < 4.78 is 4.98. The summed E-state index contributed by atoms with van der Waals surface area (Å²) in [6.45, 7) is 0. The third kappa shape index (κ3) is 18.6. The van der Waals surface area contributed by atoms with Crippen molar-refractivity contribution in [3.05, 3.63) is 108 Å². The van der Waals surface area contributed by atoms with E-state index in [1.165, 1.54) is 64.9 Å². The second-order valence-electron chi connectivity index (χ2n) is 14.1. The molecule has 0 aromatic heterocycles. The van der Waals surface area contributed by atoms with Crippen molar-refractivity contribution in [3.63, 3.8) is 0 Å². The second kappa shape index (κ2) is 33.2. The van der Waals surface area contributed by atoms with Crippen LogP contribution in [0.2, 0.25) is 0 Å². The maximum absolute atomic E-state index is 12.0. The monoisotopic (exact) mass is 862 g/mol. The van der Waals surface area contributed by atoms with E-state index in [0.29, 0.717) is 17.8 Å². The van der Waals surface area contributed by atoms with Gasteiger partial charge in [-0.1, -0.05) is 149 Å². The van der Waals surface area contributed by atoms with Crippen LogP contribution in [0, 0.1) is 17.8 Å². The van der Waals surface area contributed by atoms with Crippen LogP contribution >= 0.6 is 49.6 Å².